The second kappa shape index (κ2) is 10.8. The molecule has 3 N–H and O–H groups in total. The molecule has 2 rings (SSSR count). The molecule has 0 bridgehead atoms. The number of aliphatic hydroxyl groups excluding tert-OH is 2. The van der Waals surface area contributed by atoms with Crippen LogP contribution in [0, 0.1) is 5.82 Å². The Balaban J connectivity index is 2.45. The first-order chi connectivity index (χ1) is 15.3. The Hall–Kier alpha value is -2.26. The highest BCUT2D eigenvalue weighted by molar-refractivity contribution is 7.96. The van der Waals surface area contributed by atoms with Crippen molar-refractivity contribution in [2.45, 2.75) is 31.7 Å². The third kappa shape index (κ3) is 6.41. The van der Waals surface area contributed by atoms with Crippen LogP contribution >= 0.6 is 24.2 Å². The van der Waals surface area contributed by atoms with E-state index in [1.165, 1.54) is 7.11 Å². The van der Waals surface area contributed by atoms with E-state index in [4.69, 9.17) is 16.3 Å². The number of methoxy groups -OCH3 is 1. The Morgan fingerprint density at radius 2 is 2.09 bits per heavy atom. The molecule has 3 unspecified atom stereocenters. The second-order valence-electron chi connectivity index (χ2n) is 6.96. The lowest BCUT2D eigenvalue weighted by atomic mass is 10.1. The summed E-state index contributed by atoms with van der Waals surface area (Å²) < 4.78 is 59.1. The van der Waals surface area contributed by atoms with Gasteiger partial charge in [-0.05, 0) is 25.1 Å². The third-order valence-electron chi connectivity index (χ3n) is 4.56. The van der Waals surface area contributed by atoms with Crippen LogP contribution in [-0.2, 0) is 4.74 Å². The van der Waals surface area contributed by atoms with Gasteiger partial charge < -0.3 is 19.8 Å². The minimum absolute atomic E-state index is 0.0729. The van der Waals surface area contributed by atoms with Crippen molar-refractivity contribution in [2.24, 2.45) is 5.10 Å². The minimum atomic E-state index is -4.85. The molecule has 1 aromatic rings. The van der Waals surface area contributed by atoms with Gasteiger partial charge in [0, 0.05) is 19.7 Å². The summed E-state index contributed by atoms with van der Waals surface area (Å²) in [6.45, 7) is 1.84. The SMILES string of the molecule is COCC(C)N(/N=C/c1cc(N2C(O)C=C(C(F)(F)F)N(C)C2O)c(F)cc1Cl)NC(=O)S. The number of hydrogen-bond donors (Lipinski definition) is 4. The predicted octanol–water partition coefficient (Wildman–Crippen LogP) is 2.50. The number of thiol groups is 1. The Morgan fingerprint density at radius 3 is 2.64 bits per heavy atom. The van der Waals surface area contributed by atoms with E-state index in [1.54, 1.807) is 6.92 Å². The molecule has 0 spiro atoms. The highest BCUT2D eigenvalue weighted by Crippen LogP contribution is 2.36. The lowest BCUT2D eigenvalue weighted by Crippen LogP contribution is -2.56. The van der Waals surface area contributed by atoms with Crippen LogP contribution in [0.4, 0.5) is 28.0 Å². The van der Waals surface area contributed by atoms with E-state index in [2.05, 4.69) is 23.2 Å². The molecule has 1 aromatic carbocycles. The molecule has 1 aliphatic heterocycles. The molecule has 1 aliphatic rings. The maximum absolute atomic E-state index is 14.7. The summed E-state index contributed by atoms with van der Waals surface area (Å²) in [5.41, 5.74) is 0.671. The molecule has 9 nitrogen and oxygen atoms in total. The third-order valence-corrected chi connectivity index (χ3v) is 4.99. The largest absolute Gasteiger partial charge is 0.431 e. The van der Waals surface area contributed by atoms with Crippen molar-refractivity contribution >= 4 is 41.4 Å². The predicted molar refractivity (Wildman–Crippen MR) is 116 cm³/mol. The van der Waals surface area contributed by atoms with E-state index in [0.29, 0.717) is 15.9 Å². The number of allylic oxidation sites excluding steroid dienone is 1. The van der Waals surface area contributed by atoms with Crippen LogP contribution < -0.4 is 10.3 Å². The number of anilines is 1. The molecule has 0 saturated carbocycles. The molecule has 0 radical (unpaired) electrons. The van der Waals surface area contributed by atoms with Crippen molar-refractivity contribution in [3.05, 3.63) is 40.3 Å². The molecular formula is C18H22ClF4N5O4S. The fraction of sp³-hybridized carbons (Fsp3) is 0.444. The van der Waals surface area contributed by atoms with Gasteiger partial charge >= 0.3 is 6.18 Å². The lowest BCUT2D eigenvalue weighted by Gasteiger charge is -2.43. The van der Waals surface area contributed by atoms with Gasteiger partial charge in [0.05, 0.1) is 29.6 Å². The first kappa shape index (κ1) is 27.0. The van der Waals surface area contributed by atoms with Crippen LogP contribution in [0.25, 0.3) is 0 Å². The summed E-state index contributed by atoms with van der Waals surface area (Å²) in [7, 11) is 2.38. The molecule has 0 aromatic heterocycles. The van der Waals surface area contributed by atoms with E-state index in [-0.39, 0.29) is 17.2 Å². The molecule has 0 aliphatic carbocycles. The number of rotatable bonds is 7. The number of aliphatic hydroxyl groups is 2. The average molecular weight is 516 g/mol. The normalized spacial score (nSPS) is 20.2. The van der Waals surface area contributed by atoms with E-state index in [1.807, 2.05) is 0 Å². The molecule has 1 heterocycles. The van der Waals surface area contributed by atoms with E-state index >= 15 is 0 Å². The number of hydrogen-bond acceptors (Lipinski definition) is 8. The summed E-state index contributed by atoms with van der Waals surface area (Å²) in [6, 6.07) is 1.47. The van der Waals surface area contributed by atoms with Crippen molar-refractivity contribution in [1.29, 1.82) is 0 Å². The van der Waals surface area contributed by atoms with Crippen LogP contribution in [0.3, 0.4) is 0 Å². The molecule has 0 saturated heterocycles. The van der Waals surface area contributed by atoms with E-state index in [0.717, 1.165) is 30.5 Å². The number of hydrazine groups is 1. The summed E-state index contributed by atoms with van der Waals surface area (Å²) >= 11 is 9.68. The lowest BCUT2D eigenvalue weighted by molar-refractivity contribution is -0.133. The highest BCUT2D eigenvalue weighted by atomic mass is 35.5. The van der Waals surface area contributed by atoms with Crippen molar-refractivity contribution < 1.29 is 37.3 Å². The fourth-order valence-corrected chi connectivity index (χ4v) is 3.29. The number of halogens is 5. The number of amides is 1. The molecular weight excluding hydrogens is 494 g/mol. The highest BCUT2D eigenvalue weighted by Gasteiger charge is 2.44. The van der Waals surface area contributed by atoms with E-state index in [9.17, 15) is 32.6 Å². The van der Waals surface area contributed by atoms with Crippen molar-refractivity contribution in [2.75, 3.05) is 25.7 Å². The van der Waals surface area contributed by atoms with Crippen LogP contribution in [-0.4, -0.2) is 77.2 Å². The molecule has 1 amide bonds. The zero-order valence-corrected chi connectivity index (χ0v) is 19.2. The zero-order valence-electron chi connectivity index (χ0n) is 17.6. The van der Waals surface area contributed by atoms with Crippen LogP contribution in [0.1, 0.15) is 12.5 Å². The number of ether oxygens (including phenoxy) is 1. The minimum Gasteiger partial charge on any atom is -0.382 e. The van der Waals surface area contributed by atoms with Gasteiger partial charge in [-0.2, -0.15) is 23.4 Å². The summed E-state index contributed by atoms with van der Waals surface area (Å²) in [6.07, 6.45) is -7.33. The number of benzene rings is 1. The van der Waals surface area contributed by atoms with Crippen LogP contribution in [0.15, 0.2) is 29.0 Å². The quantitative estimate of drug-likeness (QED) is 0.192. The van der Waals surface area contributed by atoms with Gasteiger partial charge in [-0.25, -0.2) is 9.82 Å². The molecule has 0 fully saturated rings. The first-order valence-corrected chi connectivity index (χ1v) is 10.1. The van der Waals surface area contributed by atoms with Gasteiger partial charge in [0.1, 0.15) is 11.5 Å². The average Bonchev–Trinajstić information content (AvgIpc) is 2.69. The summed E-state index contributed by atoms with van der Waals surface area (Å²) in [4.78, 5) is 12.4. The smallest absolute Gasteiger partial charge is 0.382 e. The summed E-state index contributed by atoms with van der Waals surface area (Å²) in [5.74, 6) is -1.01. The number of nitrogens with zero attached hydrogens (tertiary/aromatic N) is 4. The summed E-state index contributed by atoms with van der Waals surface area (Å²) in [5, 5.41) is 24.9. The maximum Gasteiger partial charge on any atom is 0.431 e. The Labute approximate surface area is 197 Å². The second-order valence-corrected chi connectivity index (χ2v) is 7.78. The van der Waals surface area contributed by atoms with Gasteiger partial charge in [0.15, 0.2) is 6.23 Å². The number of carbonyl (C=O) groups excluding carboxylic acids is 1. The van der Waals surface area contributed by atoms with E-state index < -0.39 is 47.2 Å². The topological polar surface area (TPSA) is 101 Å². The molecule has 184 valence electrons. The van der Waals surface area contributed by atoms with Crippen molar-refractivity contribution in [3.63, 3.8) is 0 Å². The Bertz CT molecular complexity index is 936. The molecule has 33 heavy (non-hydrogen) atoms. The zero-order chi connectivity index (χ0) is 25.1. The number of alkyl halides is 3. The van der Waals surface area contributed by atoms with Crippen molar-refractivity contribution in [1.82, 2.24) is 15.4 Å². The van der Waals surface area contributed by atoms with Crippen LogP contribution in [0.5, 0.6) is 0 Å². The number of nitrogens with one attached hydrogen (secondary N) is 1. The monoisotopic (exact) mass is 515 g/mol. The maximum atomic E-state index is 14.7. The number of carbonyl (C=O) groups is 1. The Morgan fingerprint density at radius 1 is 1.45 bits per heavy atom. The Kier molecular flexibility index (Phi) is 8.81. The van der Waals surface area contributed by atoms with Crippen LogP contribution in [0.2, 0.25) is 5.02 Å². The van der Waals surface area contributed by atoms with Gasteiger partial charge in [0.2, 0.25) is 6.35 Å². The van der Waals surface area contributed by atoms with Gasteiger partial charge in [-0.15, -0.1) is 0 Å². The van der Waals surface area contributed by atoms with Gasteiger partial charge in [-0.1, -0.05) is 24.2 Å². The first-order valence-electron chi connectivity index (χ1n) is 9.25. The fourth-order valence-electron chi connectivity index (χ4n) is 2.99. The van der Waals surface area contributed by atoms with Gasteiger partial charge in [0.25, 0.3) is 5.24 Å². The standard InChI is InChI=1S/C18H22ClF4N5O4S/c1-9(8-32-3)28(25-16(30)33)24-7-10-4-13(12(20)5-11(10)19)27-15(29)6-14(18(21,22)23)26(2)17(27)31/h4-7,9,15,17,29,31H,8H2,1-3H3,(H2,25,30,33)/b24-7+. The van der Waals surface area contributed by atoms with Gasteiger partial charge in [-0.3, -0.25) is 9.69 Å². The molecule has 15 heteroatoms. The molecule has 3 atom stereocenters. The number of hydrazone groups is 1. The van der Waals surface area contributed by atoms with Crippen molar-refractivity contribution in [3.8, 4) is 0 Å².